The Kier molecular flexibility index (Phi) is 5.47. The third-order valence-electron chi connectivity index (χ3n) is 7.76. The quantitative estimate of drug-likeness (QED) is 0.522. The van der Waals surface area contributed by atoms with Gasteiger partial charge in [-0.15, -0.1) is 11.6 Å². The largest absolute Gasteiger partial charge is 0.457 e. The highest BCUT2D eigenvalue weighted by Crippen LogP contribution is 2.43. The van der Waals surface area contributed by atoms with Crippen molar-refractivity contribution in [3.8, 4) is 0 Å². The number of esters is 2. The highest BCUT2D eigenvalue weighted by molar-refractivity contribution is 6.21. The van der Waals surface area contributed by atoms with E-state index in [4.69, 9.17) is 21.1 Å². The Balaban J connectivity index is 1.15. The molecule has 0 aromatic heterocycles. The Labute approximate surface area is 188 Å². The standard InChI is InChI=1S/C24H29ClN2O4/c1-16-18(2-3-19-20(16)15-31-23(19)29)21(25)13-26-8-4-24(5-9-26)6-10-27(11-7-24)17-12-22(28)30-14-17/h2-3,12,21H,4-11,13-15H2,1H3. The Morgan fingerprint density at radius 3 is 2.42 bits per heavy atom. The van der Waals surface area contributed by atoms with E-state index in [1.54, 1.807) is 6.08 Å². The van der Waals surface area contributed by atoms with Gasteiger partial charge in [0.15, 0.2) is 0 Å². The van der Waals surface area contributed by atoms with Gasteiger partial charge in [0.1, 0.15) is 13.2 Å². The van der Waals surface area contributed by atoms with E-state index in [0.717, 1.165) is 55.1 Å². The number of carbonyl (C=O) groups is 2. The van der Waals surface area contributed by atoms with Gasteiger partial charge in [-0.1, -0.05) is 6.07 Å². The average Bonchev–Trinajstić information content (AvgIpc) is 3.37. The van der Waals surface area contributed by atoms with Crippen LogP contribution in [0.15, 0.2) is 23.9 Å². The van der Waals surface area contributed by atoms with Gasteiger partial charge >= 0.3 is 11.9 Å². The molecule has 4 aliphatic rings. The fourth-order valence-corrected chi connectivity index (χ4v) is 5.99. The van der Waals surface area contributed by atoms with Gasteiger partial charge < -0.3 is 19.3 Å². The van der Waals surface area contributed by atoms with Gasteiger partial charge in [0, 0.05) is 31.3 Å². The molecule has 0 N–H and O–H groups in total. The van der Waals surface area contributed by atoms with Crippen LogP contribution in [0.4, 0.5) is 0 Å². The number of ether oxygens (including phenoxy) is 2. The lowest BCUT2D eigenvalue weighted by Crippen LogP contribution is -2.47. The van der Waals surface area contributed by atoms with E-state index >= 15 is 0 Å². The first-order valence-electron chi connectivity index (χ1n) is 11.2. The van der Waals surface area contributed by atoms with Gasteiger partial charge in [0.25, 0.3) is 0 Å². The first-order valence-corrected chi connectivity index (χ1v) is 11.7. The number of likely N-dealkylation sites (tertiary alicyclic amines) is 2. The Hall–Kier alpha value is -2.05. The molecule has 1 aromatic rings. The van der Waals surface area contributed by atoms with Crippen molar-refractivity contribution >= 4 is 23.5 Å². The van der Waals surface area contributed by atoms with Gasteiger partial charge in [-0.2, -0.15) is 0 Å². The normalized spacial score (nSPS) is 24.1. The molecule has 0 aliphatic carbocycles. The number of carbonyl (C=O) groups excluding carboxylic acids is 2. The predicted octanol–water partition coefficient (Wildman–Crippen LogP) is 3.56. The van der Waals surface area contributed by atoms with Gasteiger partial charge in [0.05, 0.1) is 16.6 Å². The van der Waals surface area contributed by atoms with Crippen LogP contribution in [0.1, 0.15) is 58.1 Å². The number of alkyl halides is 1. The zero-order valence-corrected chi connectivity index (χ0v) is 18.7. The molecular weight excluding hydrogens is 416 g/mol. The minimum Gasteiger partial charge on any atom is -0.457 e. The van der Waals surface area contributed by atoms with Crippen molar-refractivity contribution in [2.24, 2.45) is 5.41 Å². The number of nitrogens with zero attached hydrogens (tertiary/aromatic N) is 2. The number of fused-ring (bicyclic) bond motifs is 1. The summed E-state index contributed by atoms with van der Waals surface area (Å²) in [5.41, 5.74) is 5.32. The minimum absolute atomic E-state index is 0.0938. The molecule has 6 nitrogen and oxygen atoms in total. The Morgan fingerprint density at radius 2 is 1.74 bits per heavy atom. The summed E-state index contributed by atoms with van der Waals surface area (Å²) in [5, 5.41) is -0.0938. The number of rotatable bonds is 4. The molecule has 0 radical (unpaired) electrons. The zero-order valence-electron chi connectivity index (χ0n) is 18.0. The number of halogens is 1. The van der Waals surface area contributed by atoms with E-state index in [0.29, 0.717) is 24.2 Å². The van der Waals surface area contributed by atoms with Crippen LogP contribution in [0.3, 0.4) is 0 Å². The molecule has 2 fully saturated rings. The molecule has 0 amide bonds. The molecule has 1 aromatic carbocycles. The monoisotopic (exact) mass is 444 g/mol. The van der Waals surface area contributed by atoms with Crippen molar-refractivity contribution in [1.82, 2.24) is 9.80 Å². The van der Waals surface area contributed by atoms with Crippen molar-refractivity contribution in [2.75, 3.05) is 39.3 Å². The SMILES string of the molecule is Cc1c(C(Cl)CN2CCC3(CC2)CCN(C2=CC(=O)OC2)CC3)ccc2c1COC2=O. The van der Waals surface area contributed by atoms with Crippen molar-refractivity contribution in [2.45, 2.75) is 44.6 Å². The zero-order chi connectivity index (χ0) is 21.6. The second-order valence-electron chi connectivity index (χ2n) is 9.38. The highest BCUT2D eigenvalue weighted by Gasteiger charge is 2.39. The van der Waals surface area contributed by atoms with Crippen molar-refractivity contribution < 1.29 is 19.1 Å². The second-order valence-corrected chi connectivity index (χ2v) is 9.91. The molecule has 31 heavy (non-hydrogen) atoms. The molecule has 1 unspecified atom stereocenters. The van der Waals surface area contributed by atoms with Crippen LogP contribution in [0.2, 0.25) is 0 Å². The summed E-state index contributed by atoms with van der Waals surface area (Å²) >= 11 is 6.84. The van der Waals surface area contributed by atoms with Crippen LogP contribution in [-0.2, 0) is 20.9 Å². The van der Waals surface area contributed by atoms with Gasteiger partial charge in [-0.3, -0.25) is 0 Å². The topological polar surface area (TPSA) is 59.1 Å². The summed E-state index contributed by atoms with van der Waals surface area (Å²) in [6.07, 6.45) is 6.39. The van der Waals surface area contributed by atoms with E-state index in [9.17, 15) is 9.59 Å². The van der Waals surface area contributed by atoms with Crippen LogP contribution in [0, 0.1) is 12.3 Å². The number of hydrogen-bond acceptors (Lipinski definition) is 6. The lowest BCUT2D eigenvalue weighted by Gasteiger charge is -2.47. The van der Waals surface area contributed by atoms with E-state index in [-0.39, 0.29) is 17.3 Å². The molecule has 1 spiro atoms. The molecule has 4 heterocycles. The van der Waals surface area contributed by atoms with Gasteiger partial charge in [-0.05, 0) is 68.3 Å². The maximum atomic E-state index is 11.8. The second kappa shape index (κ2) is 8.14. The summed E-state index contributed by atoms with van der Waals surface area (Å²) in [5.74, 6) is -0.441. The molecule has 5 rings (SSSR count). The number of hydrogen-bond donors (Lipinski definition) is 0. The maximum absolute atomic E-state index is 11.8. The van der Waals surface area contributed by atoms with Crippen molar-refractivity contribution in [1.29, 1.82) is 0 Å². The smallest absolute Gasteiger partial charge is 0.338 e. The molecule has 166 valence electrons. The Bertz CT molecular complexity index is 926. The van der Waals surface area contributed by atoms with Crippen LogP contribution in [0.5, 0.6) is 0 Å². The van der Waals surface area contributed by atoms with E-state index < -0.39 is 0 Å². The number of cyclic esters (lactones) is 2. The third kappa shape index (κ3) is 3.96. The third-order valence-corrected chi connectivity index (χ3v) is 8.13. The van der Waals surface area contributed by atoms with Crippen molar-refractivity contribution in [3.05, 3.63) is 46.2 Å². The summed E-state index contributed by atoms with van der Waals surface area (Å²) in [6.45, 7) is 7.81. The van der Waals surface area contributed by atoms with E-state index in [1.165, 1.54) is 25.7 Å². The highest BCUT2D eigenvalue weighted by atomic mass is 35.5. The molecule has 0 bridgehead atoms. The fourth-order valence-electron chi connectivity index (χ4n) is 5.56. The summed E-state index contributed by atoms with van der Waals surface area (Å²) in [7, 11) is 0. The molecule has 7 heteroatoms. The molecule has 0 saturated carbocycles. The molecular formula is C24H29ClN2O4. The maximum Gasteiger partial charge on any atom is 0.338 e. The van der Waals surface area contributed by atoms with Crippen LogP contribution >= 0.6 is 11.6 Å². The number of benzene rings is 1. The summed E-state index contributed by atoms with van der Waals surface area (Å²) < 4.78 is 10.2. The lowest BCUT2D eigenvalue weighted by atomic mass is 9.71. The van der Waals surface area contributed by atoms with Crippen LogP contribution in [-0.4, -0.2) is 61.1 Å². The van der Waals surface area contributed by atoms with E-state index in [1.807, 2.05) is 19.1 Å². The van der Waals surface area contributed by atoms with Crippen LogP contribution in [0.25, 0.3) is 0 Å². The summed E-state index contributed by atoms with van der Waals surface area (Å²) in [4.78, 5) is 27.9. The molecule has 1 atom stereocenters. The molecule has 2 saturated heterocycles. The minimum atomic E-state index is -0.230. The number of piperidine rings is 2. The molecule has 4 aliphatic heterocycles. The van der Waals surface area contributed by atoms with E-state index in [2.05, 4.69) is 9.80 Å². The van der Waals surface area contributed by atoms with Crippen LogP contribution < -0.4 is 0 Å². The average molecular weight is 445 g/mol. The lowest BCUT2D eigenvalue weighted by molar-refractivity contribution is -0.135. The Morgan fingerprint density at radius 1 is 1.03 bits per heavy atom. The predicted molar refractivity (Wildman–Crippen MR) is 117 cm³/mol. The van der Waals surface area contributed by atoms with Gasteiger partial charge in [-0.25, -0.2) is 9.59 Å². The summed E-state index contributed by atoms with van der Waals surface area (Å²) in [6, 6.07) is 3.85. The fraction of sp³-hybridized carbons (Fsp3) is 0.583. The first-order chi connectivity index (χ1) is 14.9. The van der Waals surface area contributed by atoms with Gasteiger partial charge in [0.2, 0.25) is 0 Å². The first kappa shape index (κ1) is 20.8. The van der Waals surface area contributed by atoms with Crippen molar-refractivity contribution in [3.63, 3.8) is 0 Å².